The summed E-state index contributed by atoms with van der Waals surface area (Å²) in [5.74, 6) is 0.548. The van der Waals surface area contributed by atoms with Gasteiger partial charge in [-0.3, -0.25) is 0 Å². The van der Waals surface area contributed by atoms with Crippen LogP contribution >= 0.6 is 0 Å². The van der Waals surface area contributed by atoms with Crippen LogP contribution in [0.15, 0.2) is 30.3 Å². The number of hydrogen-bond acceptors (Lipinski definition) is 3. The maximum Gasteiger partial charge on any atom is 0.412 e. The number of rotatable bonds is 2. The Kier molecular flexibility index (Phi) is 3.07. The Hall–Kier alpha value is -1.55. The number of nitrogens with two attached hydrogens (primary N) is 1. The highest BCUT2D eigenvalue weighted by Crippen LogP contribution is 2.38. The van der Waals surface area contributed by atoms with Crippen molar-refractivity contribution in [2.75, 3.05) is 0 Å². The number of amides is 1. The van der Waals surface area contributed by atoms with Crippen molar-refractivity contribution < 1.29 is 9.53 Å². The molecular weight excluding hydrogens is 216 g/mol. The van der Waals surface area contributed by atoms with Gasteiger partial charge in [-0.1, -0.05) is 32.0 Å². The Balaban J connectivity index is 1.87. The van der Waals surface area contributed by atoms with Crippen LogP contribution in [0.5, 0.6) is 5.75 Å². The third-order valence-corrected chi connectivity index (χ3v) is 3.59. The average Bonchev–Trinajstić information content (AvgIpc) is 2.30. The van der Waals surface area contributed by atoms with Crippen molar-refractivity contribution in [3.05, 3.63) is 30.3 Å². The van der Waals surface area contributed by atoms with E-state index < -0.39 is 6.09 Å². The van der Waals surface area contributed by atoms with Crippen LogP contribution < -0.4 is 15.8 Å². The smallest absolute Gasteiger partial charge is 0.410 e. The van der Waals surface area contributed by atoms with E-state index in [1.165, 1.54) is 0 Å². The zero-order valence-corrected chi connectivity index (χ0v) is 10.1. The van der Waals surface area contributed by atoms with Gasteiger partial charge in [-0.05, 0) is 18.6 Å². The minimum Gasteiger partial charge on any atom is -0.410 e. The van der Waals surface area contributed by atoms with Gasteiger partial charge < -0.3 is 15.8 Å². The predicted octanol–water partition coefficient (Wildman–Crippen LogP) is 1.90. The molecule has 3 N–H and O–H groups in total. The first-order chi connectivity index (χ1) is 8.00. The summed E-state index contributed by atoms with van der Waals surface area (Å²) < 4.78 is 5.16. The van der Waals surface area contributed by atoms with Crippen molar-refractivity contribution in [2.24, 2.45) is 11.1 Å². The molecule has 1 saturated carbocycles. The molecule has 92 valence electrons. The lowest BCUT2D eigenvalue weighted by atomic mass is 9.63. The predicted molar refractivity (Wildman–Crippen MR) is 65.8 cm³/mol. The maximum atomic E-state index is 11.6. The summed E-state index contributed by atoms with van der Waals surface area (Å²) in [7, 11) is 0. The monoisotopic (exact) mass is 234 g/mol. The van der Waals surface area contributed by atoms with E-state index in [9.17, 15) is 4.79 Å². The van der Waals surface area contributed by atoms with Crippen molar-refractivity contribution in [3.63, 3.8) is 0 Å². The molecule has 17 heavy (non-hydrogen) atoms. The highest BCUT2D eigenvalue weighted by Gasteiger charge is 2.46. The first kappa shape index (κ1) is 11.9. The largest absolute Gasteiger partial charge is 0.412 e. The third-order valence-electron chi connectivity index (χ3n) is 3.59. The van der Waals surface area contributed by atoms with Crippen molar-refractivity contribution in [3.8, 4) is 5.75 Å². The van der Waals surface area contributed by atoms with Crippen molar-refractivity contribution >= 4 is 6.09 Å². The molecule has 4 heteroatoms. The molecule has 0 heterocycles. The Bertz CT molecular complexity index is 403. The average molecular weight is 234 g/mol. The molecule has 0 radical (unpaired) electrons. The summed E-state index contributed by atoms with van der Waals surface area (Å²) in [4.78, 5) is 11.6. The van der Waals surface area contributed by atoms with Crippen LogP contribution in [0.25, 0.3) is 0 Å². The maximum absolute atomic E-state index is 11.6. The molecule has 1 aromatic rings. The van der Waals surface area contributed by atoms with Crippen LogP contribution in [0.2, 0.25) is 0 Å². The van der Waals surface area contributed by atoms with Gasteiger partial charge in [-0.25, -0.2) is 4.79 Å². The minimum absolute atomic E-state index is 0.0598. The van der Waals surface area contributed by atoms with E-state index in [2.05, 4.69) is 19.2 Å². The molecule has 0 bridgehead atoms. The summed E-state index contributed by atoms with van der Waals surface area (Å²) in [6.45, 7) is 4.10. The summed E-state index contributed by atoms with van der Waals surface area (Å²) in [6, 6.07) is 9.25. The molecule has 2 atom stereocenters. The van der Waals surface area contributed by atoms with Gasteiger partial charge in [0.15, 0.2) is 0 Å². The molecule has 1 amide bonds. The topological polar surface area (TPSA) is 64.3 Å². The number of carbonyl (C=O) groups is 1. The Morgan fingerprint density at radius 2 is 2.06 bits per heavy atom. The fourth-order valence-electron chi connectivity index (χ4n) is 1.97. The van der Waals surface area contributed by atoms with Gasteiger partial charge in [0, 0.05) is 17.5 Å². The van der Waals surface area contributed by atoms with Crippen LogP contribution in [0, 0.1) is 5.41 Å². The van der Waals surface area contributed by atoms with Gasteiger partial charge in [-0.2, -0.15) is 0 Å². The van der Waals surface area contributed by atoms with Crippen LogP contribution in [0.3, 0.4) is 0 Å². The second kappa shape index (κ2) is 4.37. The minimum atomic E-state index is -0.416. The Labute approximate surface area is 101 Å². The van der Waals surface area contributed by atoms with Crippen LogP contribution in [-0.2, 0) is 0 Å². The second-order valence-corrected chi connectivity index (χ2v) is 5.06. The summed E-state index contributed by atoms with van der Waals surface area (Å²) in [6.07, 6.45) is 0.387. The summed E-state index contributed by atoms with van der Waals surface area (Å²) in [5.41, 5.74) is 5.82. The second-order valence-electron chi connectivity index (χ2n) is 5.06. The molecule has 0 spiro atoms. The summed E-state index contributed by atoms with van der Waals surface area (Å²) in [5, 5.41) is 2.84. The van der Waals surface area contributed by atoms with Gasteiger partial charge in [0.2, 0.25) is 0 Å². The number of nitrogens with one attached hydrogen (secondary N) is 1. The lowest BCUT2D eigenvalue weighted by molar-refractivity contribution is 0.0729. The van der Waals surface area contributed by atoms with Gasteiger partial charge in [-0.15, -0.1) is 0 Å². The zero-order chi connectivity index (χ0) is 12.5. The lowest BCUT2D eigenvalue weighted by Crippen LogP contribution is -2.64. The molecule has 4 nitrogen and oxygen atoms in total. The number of para-hydroxylation sites is 1. The van der Waals surface area contributed by atoms with Gasteiger partial charge >= 0.3 is 6.09 Å². The number of ether oxygens (including phenoxy) is 1. The fraction of sp³-hybridized carbons (Fsp3) is 0.462. The number of benzene rings is 1. The molecule has 0 aromatic heterocycles. The van der Waals surface area contributed by atoms with E-state index in [-0.39, 0.29) is 17.5 Å². The third kappa shape index (κ3) is 2.42. The fourth-order valence-corrected chi connectivity index (χ4v) is 1.97. The normalized spacial score (nSPS) is 25.8. The van der Waals surface area contributed by atoms with Gasteiger partial charge in [0.05, 0.1) is 0 Å². The Morgan fingerprint density at radius 3 is 2.59 bits per heavy atom. The first-order valence-electron chi connectivity index (χ1n) is 5.79. The standard InChI is InChI=1S/C13H18N2O2/c1-13(2)10(14)8-11(13)15-12(16)17-9-6-4-3-5-7-9/h3-7,10-11H,8,14H2,1-2H3,(H,15,16). The molecule has 0 aliphatic heterocycles. The van der Waals surface area contributed by atoms with Crippen molar-refractivity contribution in [2.45, 2.75) is 32.4 Å². The summed E-state index contributed by atoms with van der Waals surface area (Å²) >= 11 is 0. The highest BCUT2D eigenvalue weighted by molar-refractivity contribution is 5.71. The van der Waals surface area contributed by atoms with Crippen molar-refractivity contribution in [1.29, 1.82) is 0 Å². The number of carbonyl (C=O) groups excluding carboxylic acids is 1. The molecule has 2 rings (SSSR count). The van der Waals surface area contributed by atoms with E-state index in [1.807, 2.05) is 18.2 Å². The van der Waals surface area contributed by atoms with Gasteiger partial charge in [0.1, 0.15) is 5.75 Å². The van der Waals surface area contributed by atoms with Gasteiger partial charge in [0.25, 0.3) is 0 Å². The molecule has 1 aliphatic rings. The lowest BCUT2D eigenvalue weighted by Gasteiger charge is -2.50. The zero-order valence-electron chi connectivity index (χ0n) is 10.1. The van der Waals surface area contributed by atoms with Crippen molar-refractivity contribution in [1.82, 2.24) is 5.32 Å². The molecule has 2 unspecified atom stereocenters. The molecule has 1 aromatic carbocycles. The van der Waals surface area contributed by atoms with E-state index in [0.29, 0.717) is 5.75 Å². The van der Waals surface area contributed by atoms with Crippen LogP contribution in [0.1, 0.15) is 20.3 Å². The van der Waals surface area contributed by atoms with Crippen LogP contribution in [-0.4, -0.2) is 18.2 Å². The first-order valence-corrected chi connectivity index (χ1v) is 5.79. The van der Waals surface area contributed by atoms with E-state index in [4.69, 9.17) is 10.5 Å². The SMILES string of the molecule is CC1(C)C(N)CC1NC(=O)Oc1ccccc1. The van der Waals surface area contributed by atoms with E-state index >= 15 is 0 Å². The number of hydrogen-bond donors (Lipinski definition) is 2. The molecule has 0 saturated heterocycles. The highest BCUT2D eigenvalue weighted by atomic mass is 16.6. The molecule has 1 aliphatic carbocycles. The molecule has 1 fully saturated rings. The van der Waals surface area contributed by atoms with E-state index in [0.717, 1.165) is 6.42 Å². The molecular formula is C13H18N2O2. The Morgan fingerprint density at radius 1 is 1.41 bits per heavy atom. The van der Waals surface area contributed by atoms with Crippen LogP contribution in [0.4, 0.5) is 4.79 Å². The quantitative estimate of drug-likeness (QED) is 0.821. The van der Waals surface area contributed by atoms with E-state index in [1.54, 1.807) is 12.1 Å².